The maximum absolute atomic E-state index is 12.9. The molecule has 12 nitrogen and oxygen atoms in total. The molecule has 0 saturated carbocycles. The zero-order valence-corrected chi connectivity index (χ0v) is 20.1. The highest BCUT2D eigenvalue weighted by atomic mass is 16.7. The summed E-state index contributed by atoms with van der Waals surface area (Å²) in [5.41, 5.74) is -0.753. The molecule has 0 aliphatic carbocycles. The normalized spacial score (nSPS) is 15.6. The molecule has 3 rings (SSSR count). The lowest BCUT2D eigenvalue weighted by molar-refractivity contribution is -0.240. The molecule has 0 atom stereocenters. The molecule has 0 bridgehead atoms. The van der Waals surface area contributed by atoms with Crippen LogP contribution in [0.4, 0.5) is 0 Å². The molecule has 1 saturated heterocycles. The lowest BCUT2D eigenvalue weighted by Crippen LogP contribution is -2.61. The Morgan fingerprint density at radius 1 is 1.09 bits per heavy atom. The number of rotatable bonds is 10. The Hall–Kier alpha value is -3.25. The number of methoxy groups -OCH3 is 2. The molecule has 1 aromatic heterocycles. The molecular weight excluding hydrogens is 444 g/mol. The third-order valence-electron chi connectivity index (χ3n) is 6.09. The molecule has 1 fully saturated rings. The standard InChI is InChI=1S/C22H32N6O6/c1-5-26-21(31)27(24-23-26)15-14-25-12-10-22(11-13-25,20(30)33-4)28(17(2)29)34-16-18-8-6-7-9-19(18)32-3/h6-9H,5,10-16H2,1-4H3. The summed E-state index contributed by atoms with van der Waals surface area (Å²) >= 11 is 0. The van der Waals surface area contributed by atoms with Crippen LogP contribution in [0.15, 0.2) is 29.1 Å². The van der Waals surface area contributed by atoms with Crippen LogP contribution < -0.4 is 10.4 Å². The van der Waals surface area contributed by atoms with Gasteiger partial charge in [0, 0.05) is 38.7 Å². The minimum absolute atomic E-state index is 0.0576. The highest BCUT2D eigenvalue weighted by Crippen LogP contribution is 2.32. The quantitative estimate of drug-likeness (QED) is 0.355. The maximum atomic E-state index is 12.9. The Labute approximate surface area is 197 Å². The number of hydrogen-bond donors (Lipinski definition) is 0. The van der Waals surface area contributed by atoms with Crippen molar-refractivity contribution in [1.82, 2.24) is 29.8 Å². The van der Waals surface area contributed by atoms with E-state index in [9.17, 15) is 14.4 Å². The summed E-state index contributed by atoms with van der Waals surface area (Å²) in [4.78, 5) is 45.7. The molecule has 2 aromatic rings. The number of benzene rings is 1. The van der Waals surface area contributed by atoms with Crippen LogP contribution in [0.2, 0.25) is 0 Å². The number of tetrazole rings is 1. The van der Waals surface area contributed by atoms with Crippen LogP contribution in [0.5, 0.6) is 5.75 Å². The molecule has 1 aromatic carbocycles. The van der Waals surface area contributed by atoms with E-state index in [4.69, 9.17) is 14.3 Å². The number of carbonyl (C=O) groups excluding carboxylic acids is 2. The number of aromatic nitrogens is 4. The molecule has 12 heteroatoms. The van der Waals surface area contributed by atoms with Crippen LogP contribution in [-0.2, 0) is 38.9 Å². The van der Waals surface area contributed by atoms with Gasteiger partial charge in [-0.05, 0) is 36.3 Å². The van der Waals surface area contributed by atoms with Crippen molar-refractivity contribution in [2.24, 2.45) is 0 Å². The number of likely N-dealkylation sites (tertiary alicyclic amines) is 1. The van der Waals surface area contributed by atoms with Crippen molar-refractivity contribution in [2.45, 2.75) is 51.9 Å². The van der Waals surface area contributed by atoms with Crippen molar-refractivity contribution in [1.29, 1.82) is 0 Å². The van der Waals surface area contributed by atoms with Crippen molar-refractivity contribution >= 4 is 11.9 Å². The van der Waals surface area contributed by atoms with Gasteiger partial charge in [-0.15, -0.1) is 0 Å². The van der Waals surface area contributed by atoms with Gasteiger partial charge in [-0.1, -0.05) is 18.2 Å². The fourth-order valence-corrected chi connectivity index (χ4v) is 4.18. The van der Waals surface area contributed by atoms with E-state index in [1.165, 1.54) is 23.4 Å². The molecule has 1 aliphatic heterocycles. The minimum Gasteiger partial charge on any atom is -0.496 e. The minimum atomic E-state index is -1.25. The summed E-state index contributed by atoms with van der Waals surface area (Å²) in [5.74, 6) is -0.288. The van der Waals surface area contributed by atoms with Gasteiger partial charge in [0.15, 0.2) is 5.54 Å². The van der Waals surface area contributed by atoms with Crippen LogP contribution in [0.1, 0.15) is 32.3 Å². The van der Waals surface area contributed by atoms with Gasteiger partial charge < -0.3 is 14.4 Å². The molecule has 186 valence electrons. The lowest BCUT2D eigenvalue weighted by Gasteiger charge is -2.44. The molecule has 1 amide bonds. The van der Waals surface area contributed by atoms with Crippen LogP contribution in [0.25, 0.3) is 0 Å². The fraction of sp³-hybridized carbons (Fsp3) is 0.591. The second kappa shape index (κ2) is 11.3. The Bertz CT molecular complexity index is 1040. The monoisotopic (exact) mass is 476 g/mol. The number of aryl methyl sites for hydroxylation is 1. The Morgan fingerprint density at radius 2 is 1.76 bits per heavy atom. The predicted octanol–water partition coefficient (Wildman–Crippen LogP) is 0.456. The first-order chi connectivity index (χ1) is 16.4. The number of piperidine rings is 1. The smallest absolute Gasteiger partial charge is 0.363 e. The number of nitrogens with zero attached hydrogens (tertiary/aromatic N) is 6. The summed E-state index contributed by atoms with van der Waals surface area (Å²) in [5, 5.41) is 8.87. The first-order valence-corrected chi connectivity index (χ1v) is 11.2. The molecule has 34 heavy (non-hydrogen) atoms. The van der Waals surface area contributed by atoms with Crippen molar-refractivity contribution < 1.29 is 23.9 Å². The van der Waals surface area contributed by atoms with Gasteiger partial charge >= 0.3 is 11.7 Å². The predicted molar refractivity (Wildman–Crippen MR) is 121 cm³/mol. The second-order valence-electron chi connectivity index (χ2n) is 8.06. The summed E-state index contributed by atoms with van der Waals surface area (Å²) in [6.45, 7) is 5.66. The molecule has 0 spiro atoms. The summed E-state index contributed by atoms with van der Waals surface area (Å²) in [7, 11) is 2.86. The van der Waals surface area contributed by atoms with Crippen molar-refractivity contribution in [3.05, 3.63) is 40.3 Å². The van der Waals surface area contributed by atoms with Gasteiger partial charge in [-0.3, -0.25) is 9.63 Å². The first-order valence-electron chi connectivity index (χ1n) is 11.2. The van der Waals surface area contributed by atoms with Crippen LogP contribution in [0.3, 0.4) is 0 Å². The Morgan fingerprint density at radius 3 is 2.35 bits per heavy atom. The van der Waals surface area contributed by atoms with E-state index in [0.29, 0.717) is 51.3 Å². The number of para-hydroxylation sites is 1. The van der Waals surface area contributed by atoms with E-state index in [-0.39, 0.29) is 12.3 Å². The van der Waals surface area contributed by atoms with Crippen molar-refractivity contribution in [2.75, 3.05) is 33.9 Å². The van der Waals surface area contributed by atoms with Crippen molar-refractivity contribution in [3.8, 4) is 5.75 Å². The zero-order chi connectivity index (χ0) is 24.7. The third kappa shape index (κ3) is 5.28. The molecule has 0 unspecified atom stereocenters. The highest BCUT2D eigenvalue weighted by molar-refractivity contribution is 5.86. The van der Waals surface area contributed by atoms with E-state index >= 15 is 0 Å². The average Bonchev–Trinajstić information content (AvgIpc) is 3.22. The van der Waals surface area contributed by atoms with E-state index in [1.807, 2.05) is 25.1 Å². The zero-order valence-electron chi connectivity index (χ0n) is 20.1. The number of esters is 1. The fourth-order valence-electron chi connectivity index (χ4n) is 4.18. The van der Waals surface area contributed by atoms with Crippen LogP contribution >= 0.6 is 0 Å². The number of carbonyl (C=O) groups is 2. The summed E-state index contributed by atoms with van der Waals surface area (Å²) in [6.07, 6.45) is 0.642. The summed E-state index contributed by atoms with van der Waals surface area (Å²) < 4.78 is 13.1. The highest BCUT2D eigenvalue weighted by Gasteiger charge is 2.50. The summed E-state index contributed by atoms with van der Waals surface area (Å²) in [6, 6.07) is 7.32. The number of hydroxylamine groups is 2. The van der Waals surface area contributed by atoms with E-state index < -0.39 is 17.4 Å². The van der Waals surface area contributed by atoms with E-state index in [0.717, 1.165) is 10.6 Å². The van der Waals surface area contributed by atoms with Gasteiger partial charge in [0.25, 0.3) is 0 Å². The molecule has 0 N–H and O–H groups in total. The molecular formula is C22H32N6O6. The Balaban J connectivity index is 1.70. The van der Waals surface area contributed by atoms with Gasteiger partial charge in [0.05, 0.1) is 20.8 Å². The van der Waals surface area contributed by atoms with Crippen LogP contribution in [-0.4, -0.2) is 81.0 Å². The molecule has 1 aliphatic rings. The number of amides is 1. The van der Waals surface area contributed by atoms with Crippen LogP contribution in [0, 0.1) is 0 Å². The van der Waals surface area contributed by atoms with E-state index in [2.05, 4.69) is 15.3 Å². The SMILES string of the molecule is CCn1nnn(CCN2CCC(C(=O)OC)(N(OCc3ccccc3OC)C(C)=O)CC2)c1=O. The van der Waals surface area contributed by atoms with Gasteiger partial charge in [-0.25, -0.2) is 14.7 Å². The van der Waals surface area contributed by atoms with Gasteiger partial charge in [0.2, 0.25) is 5.91 Å². The number of hydrogen-bond acceptors (Lipinski definition) is 9. The van der Waals surface area contributed by atoms with Crippen molar-refractivity contribution in [3.63, 3.8) is 0 Å². The Kier molecular flexibility index (Phi) is 8.40. The number of ether oxygens (including phenoxy) is 2. The lowest BCUT2D eigenvalue weighted by atomic mass is 9.86. The average molecular weight is 477 g/mol. The van der Waals surface area contributed by atoms with E-state index in [1.54, 1.807) is 13.2 Å². The largest absolute Gasteiger partial charge is 0.496 e. The topological polar surface area (TPSA) is 121 Å². The van der Waals surface area contributed by atoms with Gasteiger partial charge in [0.1, 0.15) is 12.4 Å². The van der Waals surface area contributed by atoms with Gasteiger partial charge in [-0.2, -0.15) is 9.36 Å². The maximum Gasteiger partial charge on any atom is 0.363 e. The second-order valence-corrected chi connectivity index (χ2v) is 8.06. The molecule has 2 heterocycles. The third-order valence-corrected chi connectivity index (χ3v) is 6.09. The molecule has 0 radical (unpaired) electrons. The first kappa shape index (κ1) is 25.4.